The third-order valence-corrected chi connectivity index (χ3v) is 4.30. The van der Waals surface area contributed by atoms with Gasteiger partial charge in [-0.15, -0.1) is 0 Å². The van der Waals surface area contributed by atoms with Crippen LogP contribution in [0.15, 0.2) is 42.7 Å². The number of aromatic nitrogens is 1. The normalized spacial score (nSPS) is 13.5. The Bertz CT molecular complexity index is 684. The molecule has 0 aliphatic carbocycles. The Morgan fingerprint density at radius 3 is 2.91 bits per heavy atom. The number of carbonyl (C=O) groups is 1. The summed E-state index contributed by atoms with van der Waals surface area (Å²) in [7, 11) is 0. The molecule has 0 unspecified atom stereocenters. The number of pyridine rings is 1. The molecule has 4 heteroatoms. The number of fused-ring (bicyclic) bond motifs is 1. The molecule has 23 heavy (non-hydrogen) atoms. The maximum Gasteiger partial charge on any atom is 0.252 e. The number of benzene rings is 1. The van der Waals surface area contributed by atoms with Crippen molar-refractivity contribution in [3.8, 4) is 0 Å². The van der Waals surface area contributed by atoms with E-state index in [0.29, 0.717) is 5.56 Å². The zero-order valence-electron chi connectivity index (χ0n) is 13.6. The molecule has 2 heterocycles. The zero-order chi connectivity index (χ0) is 16.1. The van der Waals surface area contributed by atoms with Gasteiger partial charge in [0.25, 0.3) is 5.91 Å². The Labute approximate surface area is 137 Å². The summed E-state index contributed by atoms with van der Waals surface area (Å²) in [6.07, 6.45) is 6.59. The standard InChI is InChI=1S/C19H23N3O/c1-2-3-9-21-19(23)17-11-18(13-20-12-17)22-10-8-15-6-4-5-7-16(15)14-22/h4-7,11-13H,2-3,8-10,14H2,1H3,(H,21,23). The first-order valence-corrected chi connectivity index (χ1v) is 8.33. The molecule has 120 valence electrons. The van der Waals surface area contributed by atoms with E-state index in [1.165, 1.54) is 11.1 Å². The van der Waals surface area contributed by atoms with E-state index < -0.39 is 0 Å². The van der Waals surface area contributed by atoms with Gasteiger partial charge >= 0.3 is 0 Å². The molecule has 2 aromatic rings. The Balaban J connectivity index is 1.72. The fraction of sp³-hybridized carbons (Fsp3) is 0.368. The number of rotatable bonds is 5. The van der Waals surface area contributed by atoms with Gasteiger partial charge in [-0.2, -0.15) is 0 Å². The summed E-state index contributed by atoms with van der Waals surface area (Å²) in [4.78, 5) is 18.7. The van der Waals surface area contributed by atoms with E-state index in [9.17, 15) is 4.79 Å². The van der Waals surface area contributed by atoms with Crippen molar-refractivity contribution in [3.05, 3.63) is 59.4 Å². The van der Waals surface area contributed by atoms with Gasteiger partial charge in [-0.25, -0.2) is 0 Å². The van der Waals surface area contributed by atoms with Gasteiger partial charge in [-0.05, 0) is 30.0 Å². The second kappa shape index (κ2) is 7.27. The first kappa shape index (κ1) is 15.5. The summed E-state index contributed by atoms with van der Waals surface area (Å²) in [5.74, 6) is -0.0368. The lowest BCUT2D eigenvalue weighted by molar-refractivity contribution is 0.0953. The van der Waals surface area contributed by atoms with Crippen LogP contribution < -0.4 is 10.2 Å². The van der Waals surface area contributed by atoms with E-state index in [2.05, 4.69) is 46.4 Å². The van der Waals surface area contributed by atoms with Crippen molar-refractivity contribution >= 4 is 11.6 Å². The SMILES string of the molecule is CCCCNC(=O)c1cncc(N2CCc3ccccc3C2)c1. The number of amides is 1. The van der Waals surface area contributed by atoms with Gasteiger partial charge in [0.05, 0.1) is 17.4 Å². The van der Waals surface area contributed by atoms with Gasteiger partial charge < -0.3 is 10.2 Å². The summed E-state index contributed by atoms with van der Waals surface area (Å²) in [6.45, 7) is 4.66. The fourth-order valence-corrected chi connectivity index (χ4v) is 2.92. The minimum atomic E-state index is -0.0368. The van der Waals surface area contributed by atoms with Crippen molar-refractivity contribution in [2.75, 3.05) is 18.0 Å². The van der Waals surface area contributed by atoms with Crippen LogP contribution in [0.25, 0.3) is 0 Å². The highest BCUT2D eigenvalue weighted by molar-refractivity contribution is 5.94. The van der Waals surface area contributed by atoms with Crippen LogP contribution in [0.3, 0.4) is 0 Å². The molecule has 1 aromatic heterocycles. The molecule has 1 N–H and O–H groups in total. The van der Waals surface area contributed by atoms with Crippen LogP contribution in [0.5, 0.6) is 0 Å². The van der Waals surface area contributed by atoms with Gasteiger partial charge in [0.15, 0.2) is 0 Å². The lowest BCUT2D eigenvalue weighted by Crippen LogP contribution is -2.31. The average Bonchev–Trinajstić information content (AvgIpc) is 2.61. The van der Waals surface area contributed by atoms with Gasteiger partial charge in [0.2, 0.25) is 0 Å². The topological polar surface area (TPSA) is 45.2 Å². The van der Waals surface area contributed by atoms with Gasteiger partial charge in [0, 0.05) is 25.8 Å². The third kappa shape index (κ3) is 3.70. The van der Waals surface area contributed by atoms with E-state index in [1.54, 1.807) is 6.20 Å². The summed E-state index contributed by atoms with van der Waals surface area (Å²) < 4.78 is 0. The van der Waals surface area contributed by atoms with Crippen molar-refractivity contribution in [1.29, 1.82) is 0 Å². The van der Waals surface area contributed by atoms with E-state index in [0.717, 1.165) is 44.6 Å². The molecule has 1 aliphatic heterocycles. The first-order valence-electron chi connectivity index (χ1n) is 8.33. The summed E-state index contributed by atoms with van der Waals surface area (Å²) in [5, 5.41) is 2.95. The molecule has 0 saturated heterocycles. The molecule has 0 spiro atoms. The summed E-state index contributed by atoms with van der Waals surface area (Å²) in [5.41, 5.74) is 4.43. The molecule has 3 rings (SSSR count). The van der Waals surface area contributed by atoms with Crippen molar-refractivity contribution in [3.63, 3.8) is 0 Å². The summed E-state index contributed by atoms with van der Waals surface area (Å²) >= 11 is 0. The molecule has 0 atom stereocenters. The van der Waals surface area contributed by atoms with E-state index in [4.69, 9.17) is 0 Å². The maximum atomic E-state index is 12.2. The number of anilines is 1. The predicted molar refractivity (Wildman–Crippen MR) is 92.7 cm³/mol. The molecule has 1 amide bonds. The van der Waals surface area contributed by atoms with Crippen molar-refractivity contribution < 1.29 is 4.79 Å². The van der Waals surface area contributed by atoms with Crippen LogP contribution in [0.4, 0.5) is 5.69 Å². The Morgan fingerprint density at radius 2 is 2.09 bits per heavy atom. The van der Waals surface area contributed by atoms with E-state index in [-0.39, 0.29) is 5.91 Å². The first-order chi connectivity index (χ1) is 11.3. The van der Waals surface area contributed by atoms with Crippen molar-refractivity contribution in [2.24, 2.45) is 0 Å². The van der Waals surface area contributed by atoms with E-state index in [1.807, 2.05) is 12.3 Å². The third-order valence-electron chi connectivity index (χ3n) is 4.30. The van der Waals surface area contributed by atoms with Crippen LogP contribution in [-0.2, 0) is 13.0 Å². The van der Waals surface area contributed by atoms with Crippen molar-refractivity contribution in [1.82, 2.24) is 10.3 Å². The highest BCUT2D eigenvalue weighted by atomic mass is 16.1. The lowest BCUT2D eigenvalue weighted by Gasteiger charge is -2.30. The molecule has 1 aromatic carbocycles. The molecule has 0 bridgehead atoms. The lowest BCUT2D eigenvalue weighted by atomic mass is 9.99. The van der Waals surface area contributed by atoms with Crippen LogP contribution in [0.2, 0.25) is 0 Å². The zero-order valence-corrected chi connectivity index (χ0v) is 13.6. The van der Waals surface area contributed by atoms with Crippen LogP contribution in [0.1, 0.15) is 41.3 Å². The number of carbonyl (C=O) groups excluding carboxylic acids is 1. The molecule has 4 nitrogen and oxygen atoms in total. The van der Waals surface area contributed by atoms with Crippen LogP contribution >= 0.6 is 0 Å². The molecule has 0 radical (unpaired) electrons. The van der Waals surface area contributed by atoms with Gasteiger partial charge in [-0.3, -0.25) is 9.78 Å². The largest absolute Gasteiger partial charge is 0.366 e. The Morgan fingerprint density at radius 1 is 1.26 bits per heavy atom. The van der Waals surface area contributed by atoms with Crippen LogP contribution in [-0.4, -0.2) is 24.0 Å². The minimum Gasteiger partial charge on any atom is -0.366 e. The monoisotopic (exact) mass is 309 g/mol. The fourth-order valence-electron chi connectivity index (χ4n) is 2.92. The minimum absolute atomic E-state index is 0.0368. The summed E-state index contributed by atoms with van der Waals surface area (Å²) in [6, 6.07) is 10.5. The number of hydrogen-bond donors (Lipinski definition) is 1. The second-order valence-corrected chi connectivity index (χ2v) is 5.98. The Kier molecular flexibility index (Phi) is 4.91. The highest BCUT2D eigenvalue weighted by Crippen LogP contribution is 2.24. The van der Waals surface area contributed by atoms with Crippen LogP contribution in [0, 0.1) is 0 Å². The second-order valence-electron chi connectivity index (χ2n) is 5.98. The van der Waals surface area contributed by atoms with Crippen molar-refractivity contribution in [2.45, 2.75) is 32.7 Å². The number of nitrogens with one attached hydrogen (secondary N) is 1. The smallest absolute Gasteiger partial charge is 0.252 e. The molecule has 1 aliphatic rings. The maximum absolute atomic E-state index is 12.2. The predicted octanol–water partition coefficient (Wildman–Crippen LogP) is 3.17. The van der Waals surface area contributed by atoms with Gasteiger partial charge in [-0.1, -0.05) is 37.6 Å². The number of unbranched alkanes of at least 4 members (excludes halogenated alkanes) is 1. The average molecular weight is 309 g/mol. The quantitative estimate of drug-likeness (QED) is 0.863. The molecular weight excluding hydrogens is 286 g/mol. The molecule has 0 saturated carbocycles. The Hall–Kier alpha value is -2.36. The highest BCUT2D eigenvalue weighted by Gasteiger charge is 2.17. The van der Waals surface area contributed by atoms with Gasteiger partial charge in [0.1, 0.15) is 0 Å². The molecular formula is C19H23N3O. The number of hydrogen-bond acceptors (Lipinski definition) is 3. The molecule has 0 fully saturated rings. The van der Waals surface area contributed by atoms with E-state index >= 15 is 0 Å². The number of nitrogens with zero attached hydrogens (tertiary/aromatic N) is 2.